The Morgan fingerprint density at radius 1 is 1.19 bits per heavy atom. The number of aromatic carboxylic acids is 1. The zero-order chi connectivity index (χ0) is 15.0. The topological polar surface area (TPSA) is 78.4 Å². The fourth-order valence-electron chi connectivity index (χ4n) is 2.79. The molecule has 3 N–H and O–H groups in total. The van der Waals surface area contributed by atoms with Gasteiger partial charge >= 0.3 is 12.0 Å². The van der Waals surface area contributed by atoms with Crippen LogP contribution >= 0.6 is 0 Å². The molecular weight excluding hydrogens is 268 g/mol. The van der Waals surface area contributed by atoms with Gasteiger partial charge in [-0.15, -0.1) is 0 Å². The maximum absolute atomic E-state index is 12.1. The normalized spacial score (nSPS) is 17.6. The number of carboxylic acids is 1. The van der Waals surface area contributed by atoms with E-state index in [2.05, 4.69) is 10.6 Å². The van der Waals surface area contributed by atoms with Crippen molar-refractivity contribution < 1.29 is 14.7 Å². The molecule has 0 radical (unpaired) electrons. The summed E-state index contributed by atoms with van der Waals surface area (Å²) in [6.07, 6.45) is 4.75. The maximum Gasteiger partial charge on any atom is 0.337 e. The second-order valence-electron chi connectivity index (χ2n) is 6.15. The van der Waals surface area contributed by atoms with Gasteiger partial charge in [0.2, 0.25) is 0 Å². The number of amides is 2. The van der Waals surface area contributed by atoms with Crippen LogP contribution in [0.25, 0.3) is 0 Å². The average molecular weight is 288 g/mol. The Balaban J connectivity index is 1.68. The SMILES string of the molecule is Cc1ccc(NC(=O)NC(C2CC2)C2CC2)c(C(=O)O)c1. The summed E-state index contributed by atoms with van der Waals surface area (Å²) in [5, 5.41) is 14.9. The van der Waals surface area contributed by atoms with Crippen molar-refractivity contribution in [3.63, 3.8) is 0 Å². The van der Waals surface area contributed by atoms with Gasteiger partial charge in [0.25, 0.3) is 0 Å². The largest absolute Gasteiger partial charge is 0.478 e. The zero-order valence-corrected chi connectivity index (χ0v) is 12.1. The molecule has 2 aliphatic rings. The molecule has 0 unspecified atom stereocenters. The predicted molar refractivity (Wildman–Crippen MR) is 79.5 cm³/mol. The molecule has 0 bridgehead atoms. The molecule has 21 heavy (non-hydrogen) atoms. The number of hydrogen-bond acceptors (Lipinski definition) is 2. The van der Waals surface area contributed by atoms with E-state index in [0.29, 0.717) is 17.5 Å². The molecule has 5 heteroatoms. The number of benzene rings is 1. The molecule has 2 aliphatic carbocycles. The highest BCUT2D eigenvalue weighted by atomic mass is 16.4. The first-order chi connectivity index (χ1) is 10.0. The van der Waals surface area contributed by atoms with Crippen molar-refractivity contribution in [2.24, 2.45) is 11.8 Å². The second kappa shape index (κ2) is 5.39. The summed E-state index contributed by atoms with van der Waals surface area (Å²) in [4.78, 5) is 23.4. The lowest BCUT2D eigenvalue weighted by Crippen LogP contribution is -2.41. The van der Waals surface area contributed by atoms with Gasteiger partial charge < -0.3 is 15.7 Å². The number of hydrogen-bond donors (Lipinski definition) is 3. The van der Waals surface area contributed by atoms with E-state index in [1.165, 1.54) is 25.7 Å². The molecule has 112 valence electrons. The second-order valence-corrected chi connectivity index (χ2v) is 6.15. The third-order valence-electron chi connectivity index (χ3n) is 4.21. The van der Waals surface area contributed by atoms with Gasteiger partial charge in [-0.3, -0.25) is 0 Å². The molecule has 0 spiro atoms. The first-order valence-corrected chi connectivity index (χ1v) is 7.46. The summed E-state index contributed by atoms with van der Waals surface area (Å²) >= 11 is 0. The monoisotopic (exact) mass is 288 g/mol. The molecule has 0 aromatic heterocycles. The first kappa shape index (κ1) is 13.9. The molecule has 0 heterocycles. The molecule has 2 fully saturated rings. The standard InChI is InChI=1S/C16H20N2O3/c1-9-2-7-13(12(8-9)15(19)20)17-16(21)18-14(10-3-4-10)11-5-6-11/h2,7-8,10-11,14H,3-6H2,1H3,(H,19,20)(H2,17,18,21). The summed E-state index contributed by atoms with van der Waals surface area (Å²) in [5.41, 5.74) is 1.32. The van der Waals surface area contributed by atoms with Crippen LogP contribution in [0, 0.1) is 18.8 Å². The third kappa shape index (κ3) is 3.35. The molecule has 1 aromatic rings. The van der Waals surface area contributed by atoms with Gasteiger partial charge in [0.1, 0.15) is 0 Å². The van der Waals surface area contributed by atoms with E-state index in [4.69, 9.17) is 0 Å². The van der Waals surface area contributed by atoms with E-state index >= 15 is 0 Å². The number of aryl methyl sites for hydroxylation is 1. The zero-order valence-electron chi connectivity index (χ0n) is 12.1. The van der Waals surface area contributed by atoms with Gasteiger partial charge in [0.05, 0.1) is 11.3 Å². The number of nitrogens with one attached hydrogen (secondary N) is 2. The van der Waals surface area contributed by atoms with Crippen LogP contribution in [-0.4, -0.2) is 23.1 Å². The van der Waals surface area contributed by atoms with Gasteiger partial charge in [0.15, 0.2) is 0 Å². The lowest BCUT2D eigenvalue weighted by molar-refractivity contribution is 0.0698. The van der Waals surface area contributed by atoms with E-state index in [1.54, 1.807) is 18.2 Å². The maximum atomic E-state index is 12.1. The van der Waals surface area contributed by atoms with E-state index in [9.17, 15) is 14.7 Å². The van der Waals surface area contributed by atoms with Crippen molar-refractivity contribution >= 4 is 17.7 Å². The van der Waals surface area contributed by atoms with Crippen molar-refractivity contribution in [1.82, 2.24) is 5.32 Å². The van der Waals surface area contributed by atoms with Crippen LogP contribution in [0.5, 0.6) is 0 Å². The molecule has 0 aliphatic heterocycles. The van der Waals surface area contributed by atoms with Gasteiger partial charge in [-0.05, 0) is 56.6 Å². The van der Waals surface area contributed by atoms with Crippen LogP contribution in [0.4, 0.5) is 10.5 Å². The predicted octanol–water partition coefficient (Wildman–Crippen LogP) is 3.00. The quantitative estimate of drug-likeness (QED) is 0.779. The highest BCUT2D eigenvalue weighted by Crippen LogP contribution is 2.44. The fourth-order valence-corrected chi connectivity index (χ4v) is 2.79. The van der Waals surface area contributed by atoms with Crippen LogP contribution in [0.1, 0.15) is 41.6 Å². The van der Waals surface area contributed by atoms with Crippen molar-refractivity contribution in [3.05, 3.63) is 29.3 Å². The Kier molecular flexibility index (Phi) is 3.57. The smallest absolute Gasteiger partial charge is 0.337 e. The molecule has 2 saturated carbocycles. The van der Waals surface area contributed by atoms with E-state index in [-0.39, 0.29) is 17.6 Å². The molecule has 0 saturated heterocycles. The number of anilines is 1. The Labute approximate surface area is 123 Å². The molecule has 3 rings (SSSR count). The van der Waals surface area contributed by atoms with Gasteiger partial charge in [-0.2, -0.15) is 0 Å². The molecule has 1 aromatic carbocycles. The summed E-state index contributed by atoms with van der Waals surface area (Å²) < 4.78 is 0. The van der Waals surface area contributed by atoms with E-state index in [1.807, 2.05) is 6.92 Å². The first-order valence-electron chi connectivity index (χ1n) is 7.46. The molecule has 2 amide bonds. The lowest BCUT2D eigenvalue weighted by atomic mass is 10.1. The van der Waals surface area contributed by atoms with Crippen LogP contribution in [0.2, 0.25) is 0 Å². The Hall–Kier alpha value is -2.04. The highest BCUT2D eigenvalue weighted by Gasteiger charge is 2.42. The number of carbonyl (C=O) groups excluding carboxylic acids is 1. The Morgan fingerprint density at radius 3 is 2.33 bits per heavy atom. The van der Waals surface area contributed by atoms with Gasteiger partial charge in [-0.25, -0.2) is 9.59 Å². The van der Waals surface area contributed by atoms with E-state index in [0.717, 1.165) is 5.56 Å². The van der Waals surface area contributed by atoms with Crippen molar-refractivity contribution in [1.29, 1.82) is 0 Å². The van der Waals surface area contributed by atoms with Crippen molar-refractivity contribution in [3.8, 4) is 0 Å². The summed E-state index contributed by atoms with van der Waals surface area (Å²) in [5.74, 6) is 0.190. The molecular formula is C16H20N2O3. The minimum absolute atomic E-state index is 0.125. The number of carboxylic acid groups (broad SMARTS) is 1. The van der Waals surface area contributed by atoms with Gasteiger partial charge in [0, 0.05) is 6.04 Å². The van der Waals surface area contributed by atoms with Crippen LogP contribution < -0.4 is 10.6 Å². The van der Waals surface area contributed by atoms with Crippen molar-refractivity contribution in [2.45, 2.75) is 38.6 Å². The minimum Gasteiger partial charge on any atom is -0.478 e. The third-order valence-corrected chi connectivity index (χ3v) is 4.21. The number of rotatable bonds is 5. The van der Waals surface area contributed by atoms with Crippen LogP contribution in [0.3, 0.4) is 0 Å². The van der Waals surface area contributed by atoms with Crippen molar-refractivity contribution in [2.75, 3.05) is 5.32 Å². The molecule has 5 nitrogen and oxygen atoms in total. The fraction of sp³-hybridized carbons (Fsp3) is 0.500. The summed E-state index contributed by atoms with van der Waals surface area (Å²) in [6, 6.07) is 4.95. The minimum atomic E-state index is -1.03. The van der Waals surface area contributed by atoms with Gasteiger partial charge in [-0.1, -0.05) is 11.6 Å². The Morgan fingerprint density at radius 2 is 1.81 bits per heavy atom. The number of urea groups is 1. The summed E-state index contributed by atoms with van der Waals surface area (Å²) in [7, 11) is 0. The molecule has 0 atom stereocenters. The average Bonchev–Trinajstić information content (AvgIpc) is 3.30. The lowest BCUT2D eigenvalue weighted by Gasteiger charge is -2.18. The summed E-state index contributed by atoms with van der Waals surface area (Å²) in [6.45, 7) is 1.83. The highest BCUT2D eigenvalue weighted by molar-refractivity contribution is 6.00. The van der Waals surface area contributed by atoms with E-state index < -0.39 is 5.97 Å². The Bertz CT molecular complexity index is 565. The number of carbonyl (C=O) groups is 2. The van der Waals surface area contributed by atoms with Crippen LogP contribution in [-0.2, 0) is 0 Å². The van der Waals surface area contributed by atoms with Crippen LogP contribution in [0.15, 0.2) is 18.2 Å².